The molecule has 0 fully saturated rings. The van der Waals surface area contributed by atoms with Crippen LogP contribution in [0, 0.1) is 6.92 Å². The Hall–Kier alpha value is -1.71. The van der Waals surface area contributed by atoms with Crippen LogP contribution < -0.4 is 5.73 Å². The summed E-state index contributed by atoms with van der Waals surface area (Å²) in [5, 5.41) is 0. The van der Waals surface area contributed by atoms with Gasteiger partial charge in [0.15, 0.2) is 0 Å². The molecule has 1 aromatic heterocycles. The summed E-state index contributed by atoms with van der Waals surface area (Å²) >= 11 is 0. The molecule has 0 aliphatic heterocycles. The summed E-state index contributed by atoms with van der Waals surface area (Å²) in [4.78, 5) is 6.96. The summed E-state index contributed by atoms with van der Waals surface area (Å²) in [6, 6.07) is 14.7. The van der Waals surface area contributed by atoms with Crippen molar-refractivity contribution in [2.75, 3.05) is 6.54 Å². The van der Waals surface area contributed by atoms with Gasteiger partial charge < -0.3 is 5.73 Å². The van der Waals surface area contributed by atoms with E-state index in [1.807, 2.05) is 13.0 Å². The fraction of sp³-hybridized carbons (Fsp3) is 0.353. The van der Waals surface area contributed by atoms with Crippen molar-refractivity contribution in [3.05, 3.63) is 65.0 Å². The molecule has 1 heterocycles. The predicted octanol–water partition coefficient (Wildman–Crippen LogP) is 2.87. The number of nitrogens with two attached hydrogens (primary N) is 1. The zero-order chi connectivity index (χ0) is 14.4. The van der Waals surface area contributed by atoms with E-state index in [9.17, 15) is 0 Å². The molecule has 2 N–H and O–H groups in total. The van der Waals surface area contributed by atoms with Crippen LogP contribution in [0.5, 0.6) is 0 Å². The Morgan fingerprint density at radius 1 is 1.00 bits per heavy atom. The molecule has 0 spiro atoms. The first-order valence-corrected chi connectivity index (χ1v) is 7.14. The molecule has 3 nitrogen and oxygen atoms in total. The molecule has 0 radical (unpaired) electrons. The Kier molecular flexibility index (Phi) is 5.27. The lowest BCUT2D eigenvalue weighted by molar-refractivity contribution is 0.268. The highest BCUT2D eigenvalue weighted by Crippen LogP contribution is 2.10. The molecule has 0 aliphatic rings. The van der Waals surface area contributed by atoms with Crippen molar-refractivity contribution < 1.29 is 0 Å². The standard InChI is InChI=1S/C17H23N3/c1-3-20(13-17-6-4-5-14(2)19-17)12-16-9-7-15(11-18)8-10-16/h4-10H,3,11-13,18H2,1-2H3. The number of aromatic nitrogens is 1. The second-order valence-corrected chi connectivity index (χ2v) is 5.09. The maximum Gasteiger partial charge on any atom is 0.0547 e. The van der Waals surface area contributed by atoms with Crippen LogP contribution in [0.25, 0.3) is 0 Å². The van der Waals surface area contributed by atoms with Gasteiger partial charge in [-0.3, -0.25) is 9.88 Å². The third-order valence-electron chi connectivity index (χ3n) is 3.44. The van der Waals surface area contributed by atoms with E-state index in [1.54, 1.807) is 0 Å². The van der Waals surface area contributed by atoms with E-state index in [4.69, 9.17) is 5.73 Å². The van der Waals surface area contributed by atoms with Crippen LogP contribution in [0.1, 0.15) is 29.4 Å². The molecule has 2 rings (SSSR count). The van der Waals surface area contributed by atoms with Crippen LogP contribution in [0.3, 0.4) is 0 Å². The first-order chi connectivity index (χ1) is 9.71. The highest BCUT2D eigenvalue weighted by atomic mass is 15.1. The third kappa shape index (κ3) is 4.15. The van der Waals surface area contributed by atoms with Crippen molar-refractivity contribution in [1.82, 2.24) is 9.88 Å². The fourth-order valence-corrected chi connectivity index (χ4v) is 2.24. The first-order valence-electron chi connectivity index (χ1n) is 7.14. The van der Waals surface area contributed by atoms with Gasteiger partial charge in [-0.15, -0.1) is 0 Å². The van der Waals surface area contributed by atoms with Crippen LogP contribution in [0.2, 0.25) is 0 Å². The van der Waals surface area contributed by atoms with E-state index in [2.05, 4.69) is 53.2 Å². The smallest absolute Gasteiger partial charge is 0.0547 e. The van der Waals surface area contributed by atoms with Crippen LogP contribution >= 0.6 is 0 Å². The van der Waals surface area contributed by atoms with Crippen molar-refractivity contribution in [2.45, 2.75) is 33.5 Å². The van der Waals surface area contributed by atoms with Crippen molar-refractivity contribution in [3.8, 4) is 0 Å². The average Bonchev–Trinajstić information content (AvgIpc) is 2.47. The highest BCUT2D eigenvalue weighted by molar-refractivity contribution is 5.22. The second-order valence-electron chi connectivity index (χ2n) is 5.09. The molecular formula is C17H23N3. The van der Waals surface area contributed by atoms with Crippen molar-refractivity contribution in [2.24, 2.45) is 5.73 Å². The van der Waals surface area contributed by atoms with Crippen LogP contribution in [0.4, 0.5) is 0 Å². The Morgan fingerprint density at radius 2 is 1.70 bits per heavy atom. The monoisotopic (exact) mass is 269 g/mol. The summed E-state index contributed by atoms with van der Waals surface area (Å²) < 4.78 is 0. The number of hydrogen-bond acceptors (Lipinski definition) is 3. The number of aryl methyl sites for hydroxylation is 1. The topological polar surface area (TPSA) is 42.1 Å². The number of benzene rings is 1. The van der Waals surface area contributed by atoms with Gasteiger partial charge in [-0.2, -0.15) is 0 Å². The van der Waals surface area contributed by atoms with Gasteiger partial charge >= 0.3 is 0 Å². The fourth-order valence-electron chi connectivity index (χ4n) is 2.24. The SMILES string of the molecule is CCN(Cc1ccc(CN)cc1)Cc1cccc(C)n1. The quantitative estimate of drug-likeness (QED) is 0.877. The molecule has 0 saturated heterocycles. The first kappa shape index (κ1) is 14.7. The molecule has 20 heavy (non-hydrogen) atoms. The van der Waals surface area contributed by atoms with E-state index >= 15 is 0 Å². The molecule has 0 bridgehead atoms. The Bertz CT molecular complexity index is 534. The summed E-state index contributed by atoms with van der Waals surface area (Å²) in [6.45, 7) is 7.66. The van der Waals surface area contributed by atoms with Crippen LogP contribution in [0.15, 0.2) is 42.5 Å². The molecule has 2 aromatic rings. The molecule has 106 valence electrons. The number of hydrogen-bond donors (Lipinski definition) is 1. The number of rotatable bonds is 6. The van der Waals surface area contributed by atoms with Crippen molar-refractivity contribution in [1.29, 1.82) is 0 Å². The van der Waals surface area contributed by atoms with E-state index in [1.165, 1.54) is 11.1 Å². The molecule has 3 heteroatoms. The summed E-state index contributed by atoms with van der Waals surface area (Å²) in [7, 11) is 0. The van der Waals surface area contributed by atoms with Crippen molar-refractivity contribution >= 4 is 0 Å². The molecule has 0 aliphatic carbocycles. The summed E-state index contributed by atoms with van der Waals surface area (Å²) in [5.41, 5.74) is 10.3. The average molecular weight is 269 g/mol. The minimum Gasteiger partial charge on any atom is -0.326 e. The van der Waals surface area contributed by atoms with Gasteiger partial charge in [0, 0.05) is 25.3 Å². The lowest BCUT2D eigenvalue weighted by Gasteiger charge is -2.20. The van der Waals surface area contributed by atoms with Gasteiger partial charge in [0.1, 0.15) is 0 Å². The van der Waals surface area contributed by atoms with E-state index in [0.29, 0.717) is 6.54 Å². The van der Waals surface area contributed by atoms with Crippen LogP contribution in [-0.2, 0) is 19.6 Å². The maximum absolute atomic E-state index is 5.62. The molecule has 0 saturated carbocycles. The molecule has 0 amide bonds. The van der Waals surface area contributed by atoms with Crippen molar-refractivity contribution in [3.63, 3.8) is 0 Å². The molecule has 0 unspecified atom stereocenters. The third-order valence-corrected chi connectivity index (χ3v) is 3.44. The van der Waals surface area contributed by atoms with Gasteiger partial charge in [-0.25, -0.2) is 0 Å². The second kappa shape index (κ2) is 7.17. The Labute approximate surface area is 121 Å². The summed E-state index contributed by atoms with van der Waals surface area (Å²) in [5.74, 6) is 0. The minimum atomic E-state index is 0.602. The summed E-state index contributed by atoms with van der Waals surface area (Å²) in [6.07, 6.45) is 0. The van der Waals surface area contributed by atoms with E-state index < -0.39 is 0 Å². The lowest BCUT2D eigenvalue weighted by atomic mass is 10.1. The zero-order valence-electron chi connectivity index (χ0n) is 12.3. The molecular weight excluding hydrogens is 246 g/mol. The van der Waals surface area contributed by atoms with E-state index in [-0.39, 0.29) is 0 Å². The maximum atomic E-state index is 5.62. The number of nitrogens with zero attached hydrogens (tertiary/aromatic N) is 2. The molecule has 1 aromatic carbocycles. The Balaban J connectivity index is 2.01. The highest BCUT2D eigenvalue weighted by Gasteiger charge is 2.06. The van der Waals surface area contributed by atoms with Gasteiger partial charge in [-0.1, -0.05) is 37.3 Å². The largest absolute Gasteiger partial charge is 0.326 e. The predicted molar refractivity (Wildman–Crippen MR) is 83.1 cm³/mol. The van der Waals surface area contributed by atoms with Gasteiger partial charge in [0.2, 0.25) is 0 Å². The minimum absolute atomic E-state index is 0.602. The van der Waals surface area contributed by atoms with Gasteiger partial charge in [-0.05, 0) is 36.7 Å². The Morgan fingerprint density at radius 3 is 2.30 bits per heavy atom. The molecule has 0 atom stereocenters. The van der Waals surface area contributed by atoms with Crippen LogP contribution in [-0.4, -0.2) is 16.4 Å². The lowest BCUT2D eigenvalue weighted by Crippen LogP contribution is -2.23. The normalized spacial score (nSPS) is 11.0. The van der Waals surface area contributed by atoms with Gasteiger partial charge in [0.25, 0.3) is 0 Å². The zero-order valence-corrected chi connectivity index (χ0v) is 12.3. The van der Waals surface area contributed by atoms with E-state index in [0.717, 1.165) is 31.0 Å². The number of pyridine rings is 1. The van der Waals surface area contributed by atoms with Gasteiger partial charge in [0.05, 0.1) is 5.69 Å².